The number of aromatic nitrogens is 4. The van der Waals surface area contributed by atoms with Crippen LogP contribution in [-0.4, -0.2) is 94.8 Å². The number of sulfonamides is 1. The molecule has 1 saturated carbocycles. The van der Waals surface area contributed by atoms with Gasteiger partial charge in [-0.25, -0.2) is 36.3 Å². The summed E-state index contributed by atoms with van der Waals surface area (Å²) in [6.07, 6.45) is 4.24. The lowest BCUT2D eigenvalue weighted by Crippen LogP contribution is -2.47. The standard InChI is InChI=1S/C47H49ClF3N9O5S/c1-45(2)13-11-32(37(26-45)30-3-5-33(48)6-4-30)28-57-19-21-58(22-20-57)34-7-9-36(40(24-34)59-41-23-31-12-18-52-43(31)55-39(41)27-54-59)44(61)56-66(64,65)35-8-10-38(42(25-35)60(62)63)53-29-46(49)14-16-47(50,51)17-15-46/h3-10,12,18,23-25,27,53-54H,11,13-17,19-22,26,28-29H2,1-2H3,(H,56,61). The highest BCUT2D eigenvalue weighted by Crippen LogP contribution is 2.44. The lowest BCUT2D eigenvalue weighted by molar-refractivity contribution is -0.384. The van der Waals surface area contributed by atoms with Gasteiger partial charge in [0.1, 0.15) is 16.9 Å². The number of nitro benzene ring substituents is 1. The molecular weight excluding hydrogens is 895 g/mol. The predicted molar refractivity (Wildman–Crippen MR) is 249 cm³/mol. The molecule has 66 heavy (non-hydrogen) atoms. The number of carbonyl (C=O) groups excluding carboxylic acids is 1. The molecule has 1 saturated heterocycles. The van der Waals surface area contributed by atoms with E-state index in [9.17, 15) is 32.1 Å². The minimum Gasteiger partial charge on any atom is -0.376 e. The number of amides is 1. The molecule has 0 atom stereocenters. The summed E-state index contributed by atoms with van der Waals surface area (Å²) in [5, 5.41) is 19.4. The van der Waals surface area contributed by atoms with Gasteiger partial charge < -0.3 is 10.2 Å². The molecule has 1 aliphatic heterocycles. The maximum absolute atomic E-state index is 15.4. The zero-order chi connectivity index (χ0) is 46.6. The van der Waals surface area contributed by atoms with Crippen molar-refractivity contribution in [1.29, 1.82) is 0 Å². The van der Waals surface area contributed by atoms with E-state index in [2.05, 4.69) is 60.9 Å². The highest BCUT2D eigenvalue weighted by atomic mass is 35.5. The third-order valence-corrected chi connectivity index (χ3v) is 14.8. The van der Waals surface area contributed by atoms with Gasteiger partial charge in [-0.1, -0.05) is 43.2 Å². The molecule has 4 heterocycles. The van der Waals surface area contributed by atoms with Gasteiger partial charge in [-0.3, -0.25) is 29.6 Å². The highest BCUT2D eigenvalue weighted by molar-refractivity contribution is 7.90. The van der Waals surface area contributed by atoms with Crippen LogP contribution in [0.1, 0.15) is 74.7 Å². The molecule has 0 bridgehead atoms. The molecule has 3 aliphatic rings. The molecule has 6 aromatic rings. The Labute approximate surface area is 384 Å². The molecule has 1 amide bonds. The first-order valence-electron chi connectivity index (χ1n) is 21.9. The van der Waals surface area contributed by atoms with E-state index in [1.165, 1.54) is 16.7 Å². The van der Waals surface area contributed by atoms with Gasteiger partial charge in [0, 0.05) is 86.7 Å². The summed E-state index contributed by atoms with van der Waals surface area (Å²) in [6.45, 7) is 7.96. The number of pyridine rings is 1. The van der Waals surface area contributed by atoms with Gasteiger partial charge in [-0.05, 0) is 103 Å². The number of rotatable bonds is 12. The van der Waals surface area contributed by atoms with Crippen LogP contribution in [0.3, 0.4) is 0 Å². The Morgan fingerprint density at radius 2 is 1.68 bits per heavy atom. The van der Waals surface area contributed by atoms with Gasteiger partial charge in [0.25, 0.3) is 21.6 Å². The van der Waals surface area contributed by atoms with Gasteiger partial charge in [-0.15, -0.1) is 0 Å². The van der Waals surface area contributed by atoms with Crippen molar-refractivity contribution < 1.29 is 31.3 Å². The van der Waals surface area contributed by atoms with Crippen LogP contribution >= 0.6 is 11.6 Å². The molecular formula is C47H49ClF3N9O5S. The van der Waals surface area contributed by atoms with Gasteiger partial charge in [-0.2, -0.15) is 0 Å². The third kappa shape index (κ3) is 9.49. The van der Waals surface area contributed by atoms with Crippen molar-refractivity contribution in [1.82, 2.24) is 29.4 Å². The van der Waals surface area contributed by atoms with Crippen molar-refractivity contribution in [3.63, 3.8) is 0 Å². The SMILES string of the molecule is CC1(C)CCC(CN2CCN(c3ccc(C(=O)NS(=O)(=O)c4ccc(NCC5(F)CCC(F)(F)CC5)c([N+](=O)[O-])c4)c(-n4[nH]cc5nc6nccc6cc54)c3)CC2)=C(c2ccc(Cl)cc2)C1. The second kappa shape index (κ2) is 17.3. The van der Waals surface area contributed by atoms with E-state index in [-0.39, 0.29) is 16.7 Å². The van der Waals surface area contributed by atoms with Crippen molar-refractivity contribution >= 4 is 72.2 Å². The quantitative estimate of drug-likeness (QED) is 0.0793. The smallest absolute Gasteiger partial charge is 0.293 e. The number of nitrogens with zero attached hydrogens (tertiary/aromatic N) is 6. The number of aromatic amines is 1. The second-order valence-electron chi connectivity index (χ2n) is 18.5. The molecule has 3 N–H and O–H groups in total. The number of piperazine rings is 1. The van der Waals surface area contributed by atoms with Crippen molar-refractivity contribution in [2.24, 2.45) is 5.41 Å². The molecule has 3 aromatic heterocycles. The second-order valence-corrected chi connectivity index (χ2v) is 20.6. The molecule has 0 unspecified atom stereocenters. The fraction of sp³-hybridized carbons (Fsp3) is 0.383. The van der Waals surface area contributed by atoms with E-state index in [1.54, 1.807) is 29.2 Å². The van der Waals surface area contributed by atoms with E-state index < -0.39 is 75.3 Å². The summed E-state index contributed by atoms with van der Waals surface area (Å²) in [5.74, 6) is -3.98. The predicted octanol–water partition coefficient (Wildman–Crippen LogP) is 9.70. The fourth-order valence-corrected chi connectivity index (χ4v) is 10.4. The normalized spacial score (nSPS) is 18.7. The van der Waals surface area contributed by atoms with Gasteiger partial charge in [0.2, 0.25) is 5.92 Å². The van der Waals surface area contributed by atoms with Crippen LogP contribution in [0.5, 0.6) is 0 Å². The minimum absolute atomic E-state index is 0.0172. The number of anilines is 2. The van der Waals surface area contributed by atoms with Crippen LogP contribution in [0.4, 0.5) is 30.2 Å². The summed E-state index contributed by atoms with van der Waals surface area (Å²) < 4.78 is 74.1. The first kappa shape index (κ1) is 45.2. The number of alkyl halides is 3. The van der Waals surface area contributed by atoms with Crippen LogP contribution in [0.15, 0.2) is 95.7 Å². The number of carbonyl (C=O) groups is 1. The van der Waals surface area contributed by atoms with Crippen molar-refractivity contribution in [2.45, 2.75) is 75.3 Å². The van der Waals surface area contributed by atoms with E-state index in [0.29, 0.717) is 40.5 Å². The summed E-state index contributed by atoms with van der Waals surface area (Å²) >= 11 is 6.25. The van der Waals surface area contributed by atoms with E-state index in [0.717, 1.165) is 68.2 Å². The monoisotopic (exact) mass is 943 g/mol. The Morgan fingerprint density at radius 3 is 2.41 bits per heavy atom. The zero-order valence-electron chi connectivity index (χ0n) is 36.4. The van der Waals surface area contributed by atoms with Crippen molar-refractivity contribution in [3.8, 4) is 5.69 Å². The number of nitro groups is 1. The third-order valence-electron chi connectivity index (χ3n) is 13.2. The molecule has 0 spiro atoms. The van der Waals surface area contributed by atoms with Gasteiger partial charge in [0.15, 0.2) is 5.65 Å². The number of hydrogen-bond donors (Lipinski definition) is 3. The summed E-state index contributed by atoms with van der Waals surface area (Å²) in [4.78, 5) is 38.5. The highest BCUT2D eigenvalue weighted by Gasteiger charge is 2.44. The van der Waals surface area contributed by atoms with Crippen LogP contribution in [0.2, 0.25) is 5.02 Å². The number of H-pyrrole nitrogens is 1. The van der Waals surface area contributed by atoms with Crippen LogP contribution in [0, 0.1) is 15.5 Å². The Kier molecular flexibility index (Phi) is 11.9. The average molecular weight is 944 g/mol. The largest absolute Gasteiger partial charge is 0.376 e. The first-order valence-corrected chi connectivity index (χ1v) is 23.8. The molecule has 2 fully saturated rings. The number of nitrogens with one attached hydrogen (secondary N) is 3. The number of halogens is 4. The maximum Gasteiger partial charge on any atom is 0.293 e. The Bertz CT molecular complexity index is 2990. The zero-order valence-corrected chi connectivity index (χ0v) is 38.0. The van der Waals surface area contributed by atoms with Crippen LogP contribution in [-0.2, 0) is 10.0 Å². The Balaban J connectivity index is 0.968. The maximum atomic E-state index is 15.4. The van der Waals surface area contributed by atoms with Gasteiger partial charge in [0.05, 0.1) is 26.6 Å². The van der Waals surface area contributed by atoms with Crippen LogP contribution in [0.25, 0.3) is 33.3 Å². The van der Waals surface area contributed by atoms with E-state index in [4.69, 9.17) is 11.6 Å². The lowest BCUT2D eigenvalue weighted by Gasteiger charge is -2.39. The number of hydrogen-bond acceptors (Lipinski definition) is 10. The Hall–Kier alpha value is -5.98. The molecule has 14 nitrogen and oxygen atoms in total. The summed E-state index contributed by atoms with van der Waals surface area (Å²) in [7, 11) is -4.72. The van der Waals surface area contributed by atoms with Crippen molar-refractivity contribution in [3.05, 3.63) is 117 Å². The molecule has 19 heteroatoms. The lowest BCUT2D eigenvalue weighted by atomic mass is 9.72. The Morgan fingerprint density at radius 1 is 0.939 bits per heavy atom. The number of fused-ring (bicyclic) bond motifs is 2. The molecule has 2 aliphatic carbocycles. The number of allylic oxidation sites excluding steroid dienone is 1. The molecule has 346 valence electrons. The summed E-state index contributed by atoms with van der Waals surface area (Å²) in [6, 6.07) is 19.8. The average Bonchev–Trinajstić information content (AvgIpc) is 3.93. The first-order chi connectivity index (χ1) is 31.3. The molecule has 9 rings (SSSR count). The van der Waals surface area contributed by atoms with E-state index in [1.807, 2.05) is 30.3 Å². The molecule has 0 radical (unpaired) electrons. The van der Waals surface area contributed by atoms with Gasteiger partial charge >= 0.3 is 0 Å². The topological polar surface area (TPSA) is 171 Å². The fourth-order valence-electron chi connectivity index (χ4n) is 9.32. The summed E-state index contributed by atoms with van der Waals surface area (Å²) in [5.41, 5.74) is 4.11. The minimum atomic E-state index is -4.72. The van der Waals surface area contributed by atoms with Crippen LogP contribution < -0.4 is 14.9 Å². The van der Waals surface area contributed by atoms with E-state index >= 15 is 4.39 Å². The molecule has 3 aromatic carbocycles. The number of benzene rings is 3. The van der Waals surface area contributed by atoms with Crippen molar-refractivity contribution in [2.75, 3.05) is 49.5 Å².